The summed E-state index contributed by atoms with van der Waals surface area (Å²) < 4.78 is 0. The van der Waals surface area contributed by atoms with Crippen molar-refractivity contribution in [3.05, 3.63) is 12.3 Å². The molecule has 1 unspecified atom stereocenters. The first-order chi connectivity index (χ1) is 7.28. The molecule has 4 nitrogen and oxygen atoms in total. The molecule has 1 atom stereocenters. The summed E-state index contributed by atoms with van der Waals surface area (Å²) in [5, 5.41) is 3.41. The number of aromatic nitrogens is 2. The molecule has 0 radical (unpaired) electrons. The monoisotopic (exact) mass is 206 g/mol. The fourth-order valence-corrected chi connectivity index (χ4v) is 1.75. The summed E-state index contributed by atoms with van der Waals surface area (Å²) in [6.07, 6.45) is 6.85. The van der Waals surface area contributed by atoms with Crippen molar-refractivity contribution >= 4 is 11.8 Å². The Labute approximate surface area is 90.3 Å². The van der Waals surface area contributed by atoms with E-state index in [1.165, 1.54) is 19.3 Å². The first-order valence-electron chi connectivity index (χ1n) is 5.63. The highest BCUT2D eigenvalue weighted by Crippen LogP contribution is 2.34. The van der Waals surface area contributed by atoms with Crippen LogP contribution in [0.25, 0.3) is 0 Å². The molecule has 1 aromatic rings. The standard InChI is InChI=1S/C11H18N4/c1-2-9(7-8-3-4-8)14-10-5-6-13-11(12)15-10/h5-6,8-9H,2-4,7H2,1H3,(H3,12,13,14,15). The molecule has 0 saturated heterocycles. The summed E-state index contributed by atoms with van der Waals surface area (Å²) >= 11 is 0. The number of nitrogens with zero attached hydrogens (tertiary/aromatic N) is 2. The molecule has 1 heterocycles. The minimum absolute atomic E-state index is 0.335. The lowest BCUT2D eigenvalue weighted by Gasteiger charge is -2.17. The maximum absolute atomic E-state index is 5.53. The second kappa shape index (κ2) is 4.47. The maximum Gasteiger partial charge on any atom is 0.221 e. The molecule has 1 aromatic heterocycles. The Morgan fingerprint density at radius 3 is 3.00 bits per heavy atom. The van der Waals surface area contributed by atoms with Crippen LogP contribution in [0, 0.1) is 5.92 Å². The summed E-state index contributed by atoms with van der Waals surface area (Å²) in [6.45, 7) is 2.20. The van der Waals surface area contributed by atoms with E-state index in [1.54, 1.807) is 6.20 Å². The minimum atomic E-state index is 0.335. The van der Waals surface area contributed by atoms with Gasteiger partial charge in [-0.15, -0.1) is 0 Å². The van der Waals surface area contributed by atoms with Crippen LogP contribution in [-0.2, 0) is 0 Å². The molecular formula is C11H18N4. The van der Waals surface area contributed by atoms with Gasteiger partial charge in [0.2, 0.25) is 5.95 Å². The largest absolute Gasteiger partial charge is 0.368 e. The third-order valence-electron chi connectivity index (χ3n) is 2.83. The van der Waals surface area contributed by atoms with Gasteiger partial charge in [-0.3, -0.25) is 0 Å². The quantitative estimate of drug-likeness (QED) is 0.774. The number of nitrogens with two attached hydrogens (primary N) is 1. The molecule has 0 bridgehead atoms. The van der Waals surface area contributed by atoms with Gasteiger partial charge in [-0.1, -0.05) is 19.8 Å². The van der Waals surface area contributed by atoms with E-state index in [0.29, 0.717) is 12.0 Å². The molecule has 0 spiro atoms. The van der Waals surface area contributed by atoms with E-state index >= 15 is 0 Å². The molecule has 3 N–H and O–H groups in total. The Balaban J connectivity index is 1.92. The molecular weight excluding hydrogens is 188 g/mol. The van der Waals surface area contributed by atoms with E-state index < -0.39 is 0 Å². The minimum Gasteiger partial charge on any atom is -0.368 e. The van der Waals surface area contributed by atoms with Gasteiger partial charge in [0.25, 0.3) is 0 Å². The van der Waals surface area contributed by atoms with Crippen molar-refractivity contribution in [1.29, 1.82) is 0 Å². The fourth-order valence-electron chi connectivity index (χ4n) is 1.75. The number of anilines is 2. The van der Waals surface area contributed by atoms with Crippen molar-refractivity contribution in [2.45, 2.75) is 38.6 Å². The van der Waals surface area contributed by atoms with Crippen LogP contribution in [0.2, 0.25) is 0 Å². The topological polar surface area (TPSA) is 63.8 Å². The van der Waals surface area contributed by atoms with Gasteiger partial charge in [-0.05, 0) is 24.8 Å². The highest BCUT2D eigenvalue weighted by Gasteiger charge is 2.24. The molecule has 1 aliphatic carbocycles. The number of rotatable bonds is 5. The zero-order valence-electron chi connectivity index (χ0n) is 9.11. The number of hydrogen-bond donors (Lipinski definition) is 2. The Morgan fingerprint density at radius 2 is 2.40 bits per heavy atom. The average molecular weight is 206 g/mol. The van der Waals surface area contributed by atoms with Crippen LogP contribution in [0.3, 0.4) is 0 Å². The van der Waals surface area contributed by atoms with E-state index in [4.69, 9.17) is 5.73 Å². The highest BCUT2D eigenvalue weighted by molar-refractivity contribution is 5.38. The molecule has 2 rings (SSSR count). The lowest BCUT2D eigenvalue weighted by molar-refractivity contribution is 0.585. The zero-order valence-corrected chi connectivity index (χ0v) is 9.11. The second-order valence-corrected chi connectivity index (χ2v) is 4.23. The van der Waals surface area contributed by atoms with Crippen LogP contribution >= 0.6 is 0 Å². The van der Waals surface area contributed by atoms with Gasteiger partial charge in [-0.25, -0.2) is 4.98 Å². The molecule has 82 valence electrons. The SMILES string of the molecule is CCC(CC1CC1)Nc1ccnc(N)n1. The van der Waals surface area contributed by atoms with Gasteiger partial charge >= 0.3 is 0 Å². The van der Waals surface area contributed by atoms with E-state index in [-0.39, 0.29) is 0 Å². The second-order valence-electron chi connectivity index (χ2n) is 4.23. The summed E-state index contributed by atoms with van der Waals surface area (Å²) in [4.78, 5) is 8.02. The Hall–Kier alpha value is -1.32. The van der Waals surface area contributed by atoms with Gasteiger partial charge < -0.3 is 11.1 Å². The molecule has 1 saturated carbocycles. The van der Waals surface area contributed by atoms with Crippen LogP contribution in [0.15, 0.2) is 12.3 Å². The van der Waals surface area contributed by atoms with E-state index in [2.05, 4.69) is 22.2 Å². The smallest absolute Gasteiger partial charge is 0.221 e. The predicted octanol–water partition coefficient (Wildman–Crippen LogP) is 2.05. The number of hydrogen-bond acceptors (Lipinski definition) is 4. The zero-order chi connectivity index (χ0) is 10.7. The van der Waals surface area contributed by atoms with E-state index in [9.17, 15) is 0 Å². The first-order valence-corrected chi connectivity index (χ1v) is 5.63. The lowest BCUT2D eigenvalue weighted by atomic mass is 10.1. The van der Waals surface area contributed by atoms with Crippen molar-refractivity contribution in [2.24, 2.45) is 5.92 Å². The summed E-state index contributed by atoms with van der Waals surface area (Å²) in [5.41, 5.74) is 5.53. The molecule has 4 heteroatoms. The van der Waals surface area contributed by atoms with Crippen LogP contribution in [0.4, 0.5) is 11.8 Å². The average Bonchev–Trinajstić information content (AvgIpc) is 3.01. The third kappa shape index (κ3) is 3.08. The Morgan fingerprint density at radius 1 is 1.60 bits per heavy atom. The van der Waals surface area contributed by atoms with Gasteiger partial charge in [0.15, 0.2) is 0 Å². The third-order valence-corrected chi connectivity index (χ3v) is 2.83. The normalized spacial score (nSPS) is 17.4. The van der Waals surface area contributed by atoms with E-state index in [0.717, 1.165) is 18.2 Å². The molecule has 15 heavy (non-hydrogen) atoms. The van der Waals surface area contributed by atoms with Crippen molar-refractivity contribution < 1.29 is 0 Å². The van der Waals surface area contributed by atoms with Gasteiger partial charge in [0.1, 0.15) is 5.82 Å². The van der Waals surface area contributed by atoms with Crippen LogP contribution in [0.1, 0.15) is 32.6 Å². The van der Waals surface area contributed by atoms with Crippen LogP contribution in [-0.4, -0.2) is 16.0 Å². The molecule has 1 aliphatic rings. The Bertz CT molecular complexity index is 322. The molecule has 1 fully saturated rings. The lowest BCUT2D eigenvalue weighted by Crippen LogP contribution is -2.20. The van der Waals surface area contributed by atoms with Crippen LogP contribution in [0.5, 0.6) is 0 Å². The molecule has 0 amide bonds. The highest BCUT2D eigenvalue weighted by atomic mass is 15.1. The van der Waals surface area contributed by atoms with Crippen molar-refractivity contribution in [2.75, 3.05) is 11.1 Å². The number of nitrogen functional groups attached to an aromatic ring is 1. The van der Waals surface area contributed by atoms with Gasteiger partial charge in [0, 0.05) is 12.2 Å². The molecule has 0 aliphatic heterocycles. The summed E-state index contributed by atoms with van der Waals surface area (Å²) in [6, 6.07) is 2.39. The maximum atomic E-state index is 5.53. The summed E-state index contributed by atoms with van der Waals surface area (Å²) in [7, 11) is 0. The number of nitrogens with one attached hydrogen (secondary N) is 1. The predicted molar refractivity (Wildman–Crippen MR) is 61.5 cm³/mol. The van der Waals surface area contributed by atoms with Crippen molar-refractivity contribution in [1.82, 2.24) is 9.97 Å². The van der Waals surface area contributed by atoms with E-state index in [1.807, 2.05) is 6.07 Å². The Kier molecular flexibility index (Phi) is 3.04. The fraction of sp³-hybridized carbons (Fsp3) is 0.636. The summed E-state index contributed by atoms with van der Waals surface area (Å²) in [5.74, 6) is 2.11. The first kappa shape index (κ1) is 10.2. The van der Waals surface area contributed by atoms with Crippen molar-refractivity contribution in [3.8, 4) is 0 Å². The van der Waals surface area contributed by atoms with Crippen LogP contribution < -0.4 is 11.1 Å². The molecule has 0 aromatic carbocycles. The van der Waals surface area contributed by atoms with Crippen molar-refractivity contribution in [3.63, 3.8) is 0 Å². The van der Waals surface area contributed by atoms with Gasteiger partial charge in [0.05, 0.1) is 0 Å². The van der Waals surface area contributed by atoms with Gasteiger partial charge in [-0.2, -0.15) is 4.98 Å².